The van der Waals surface area contributed by atoms with Crippen molar-refractivity contribution < 1.29 is 9.90 Å². The summed E-state index contributed by atoms with van der Waals surface area (Å²) in [5.74, 6) is 1.79. The van der Waals surface area contributed by atoms with Crippen LogP contribution in [0.4, 0.5) is 5.95 Å². The first-order valence-electron chi connectivity index (χ1n) is 4.71. The minimum Gasteiger partial charge on any atom is -0.493 e. The number of pyridine rings is 1. The lowest BCUT2D eigenvalue weighted by Crippen LogP contribution is -2.09. The van der Waals surface area contributed by atoms with Crippen LogP contribution in [0.15, 0.2) is 12.3 Å². The Balaban J connectivity index is 2.60. The molecule has 0 aliphatic heterocycles. The summed E-state index contributed by atoms with van der Waals surface area (Å²) >= 11 is 0. The number of fused-ring (bicyclic) bond motifs is 1. The number of amides is 1. The van der Waals surface area contributed by atoms with Gasteiger partial charge in [-0.3, -0.25) is 10.1 Å². The number of aromatic nitrogens is 3. The largest absolute Gasteiger partial charge is 0.493 e. The molecule has 0 aliphatic rings. The fraction of sp³-hybridized carbons (Fsp3) is 0.0909. The molecule has 0 radical (unpaired) electrons. The first-order valence-corrected chi connectivity index (χ1v) is 4.71. The molecular weight excluding hydrogens is 220 g/mol. The van der Waals surface area contributed by atoms with E-state index < -0.39 is 0 Å². The van der Waals surface area contributed by atoms with Gasteiger partial charge in [0, 0.05) is 18.7 Å². The average Bonchev–Trinajstić information content (AvgIpc) is 2.28. The van der Waals surface area contributed by atoms with Crippen molar-refractivity contribution in [3.8, 4) is 18.2 Å². The molecule has 0 aromatic carbocycles. The van der Waals surface area contributed by atoms with Crippen LogP contribution < -0.4 is 5.32 Å². The maximum atomic E-state index is 10.8. The zero-order chi connectivity index (χ0) is 12.4. The molecule has 6 heteroatoms. The van der Waals surface area contributed by atoms with Crippen molar-refractivity contribution in [1.82, 2.24) is 15.0 Å². The summed E-state index contributed by atoms with van der Waals surface area (Å²) in [7, 11) is 0. The van der Waals surface area contributed by atoms with Crippen molar-refractivity contribution in [2.45, 2.75) is 6.92 Å². The molecule has 0 spiro atoms. The van der Waals surface area contributed by atoms with Gasteiger partial charge in [-0.05, 0) is 6.07 Å². The molecule has 0 bridgehead atoms. The fourth-order valence-electron chi connectivity index (χ4n) is 1.29. The molecule has 0 unspecified atom stereocenters. The van der Waals surface area contributed by atoms with Crippen LogP contribution in [0, 0.1) is 12.3 Å². The van der Waals surface area contributed by atoms with E-state index >= 15 is 0 Å². The molecule has 1 amide bonds. The number of carbonyl (C=O) groups excluding carboxylic acids is 1. The molecule has 0 aliphatic carbocycles. The second-order valence-corrected chi connectivity index (χ2v) is 3.29. The Morgan fingerprint density at radius 2 is 2.29 bits per heavy atom. The fourth-order valence-corrected chi connectivity index (χ4v) is 1.29. The lowest BCUT2D eigenvalue weighted by molar-refractivity contribution is -0.114. The summed E-state index contributed by atoms with van der Waals surface area (Å²) in [4.78, 5) is 22.5. The number of hydrogen-bond acceptors (Lipinski definition) is 5. The van der Waals surface area contributed by atoms with Gasteiger partial charge in [0.25, 0.3) is 0 Å². The van der Waals surface area contributed by atoms with Crippen molar-refractivity contribution in [2.75, 3.05) is 5.32 Å². The molecule has 17 heavy (non-hydrogen) atoms. The SMILES string of the molecule is C#Cc1cnc2nc(NC(C)=O)nc(O)c2c1. The van der Waals surface area contributed by atoms with E-state index in [9.17, 15) is 9.90 Å². The minimum atomic E-state index is -0.330. The van der Waals surface area contributed by atoms with Crippen molar-refractivity contribution in [3.63, 3.8) is 0 Å². The Labute approximate surface area is 96.7 Å². The van der Waals surface area contributed by atoms with Gasteiger partial charge < -0.3 is 5.11 Å². The molecule has 2 N–H and O–H groups in total. The number of nitrogens with one attached hydrogen (secondary N) is 1. The monoisotopic (exact) mass is 228 g/mol. The van der Waals surface area contributed by atoms with Crippen molar-refractivity contribution in [3.05, 3.63) is 17.8 Å². The third kappa shape index (κ3) is 2.13. The Kier molecular flexibility index (Phi) is 2.58. The summed E-state index contributed by atoms with van der Waals surface area (Å²) < 4.78 is 0. The lowest BCUT2D eigenvalue weighted by Gasteiger charge is -2.03. The number of carbonyl (C=O) groups is 1. The van der Waals surface area contributed by atoms with E-state index in [0.717, 1.165) is 0 Å². The number of aromatic hydroxyl groups is 1. The molecule has 6 nitrogen and oxygen atoms in total. The number of rotatable bonds is 1. The third-order valence-corrected chi connectivity index (χ3v) is 1.99. The van der Waals surface area contributed by atoms with Crippen LogP contribution in [-0.4, -0.2) is 26.0 Å². The second kappa shape index (κ2) is 4.06. The molecular formula is C11H8N4O2. The van der Waals surface area contributed by atoms with Crippen LogP contribution >= 0.6 is 0 Å². The summed E-state index contributed by atoms with van der Waals surface area (Å²) in [5.41, 5.74) is 0.781. The van der Waals surface area contributed by atoms with Gasteiger partial charge in [-0.25, -0.2) is 4.98 Å². The van der Waals surface area contributed by atoms with Crippen molar-refractivity contribution in [1.29, 1.82) is 0 Å². The summed E-state index contributed by atoms with van der Waals surface area (Å²) in [5, 5.41) is 12.4. The zero-order valence-corrected chi connectivity index (χ0v) is 8.93. The first-order chi connectivity index (χ1) is 8.10. The van der Waals surface area contributed by atoms with Crippen LogP contribution in [-0.2, 0) is 4.79 Å². The Morgan fingerprint density at radius 1 is 1.53 bits per heavy atom. The van der Waals surface area contributed by atoms with E-state index in [2.05, 4.69) is 26.2 Å². The molecule has 0 atom stereocenters. The smallest absolute Gasteiger partial charge is 0.234 e. The molecule has 2 aromatic rings. The quantitative estimate of drug-likeness (QED) is 0.700. The van der Waals surface area contributed by atoms with E-state index in [1.807, 2.05) is 0 Å². The molecule has 2 heterocycles. The van der Waals surface area contributed by atoms with Crippen molar-refractivity contribution >= 4 is 22.9 Å². The Bertz CT molecular complexity index is 646. The molecule has 2 rings (SSSR count). The highest BCUT2D eigenvalue weighted by molar-refractivity contribution is 5.89. The average molecular weight is 228 g/mol. The van der Waals surface area contributed by atoms with E-state index in [-0.39, 0.29) is 23.4 Å². The Morgan fingerprint density at radius 3 is 2.94 bits per heavy atom. The predicted octanol–water partition coefficient (Wildman–Crippen LogP) is 0.670. The maximum Gasteiger partial charge on any atom is 0.234 e. The summed E-state index contributed by atoms with van der Waals surface area (Å²) in [6, 6.07) is 1.55. The van der Waals surface area contributed by atoms with Gasteiger partial charge in [-0.1, -0.05) is 5.92 Å². The highest BCUT2D eigenvalue weighted by atomic mass is 16.3. The predicted molar refractivity (Wildman–Crippen MR) is 61.2 cm³/mol. The van der Waals surface area contributed by atoms with Gasteiger partial charge in [-0.15, -0.1) is 6.42 Å². The standard InChI is InChI=1S/C11H8N4O2/c1-3-7-4-8-9(12-5-7)14-11(13-6(2)16)15-10(8)17/h1,4-5H,2H3,(H2,12,13,14,15,16,17). The number of nitrogens with zero attached hydrogens (tertiary/aromatic N) is 3. The van der Waals surface area contributed by atoms with E-state index in [1.54, 1.807) is 6.07 Å². The highest BCUT2D eigenvalue weighted by Gasteiger charge is 2.09. The number of anilines is 1. The minimum absolute atomic E-state index is 0.00320. The van der Waals surface area contributed by atoms with E-state index in [1.165, 1.54) is 13.1 Å². The van der Waals surface area contributed by atoms with Crippen LogP contribution in [0.5, 0.6) is 5.88 Å². The van der Waals surface area contributed by atoms with Crippen LogP contribution in [0.3, 0.4) is 0 Å². The van der Waals surface area contributed by atoms with Gasteiger partial charge in [0.15, 0.2) is 5.65 Å². The molecule has 0 saturated carbocycles. The number of terminal acetylenes is 1. The van der Waals surface area contributed by atoms with Crippen LogP contribution in [0.1, 0.15) is 12.5 Å². The third-order valence-electron chi connectivity index (χ3n) is 1.99. The first kappa shape index (κ1) is 10.8. The maximum absolute atomic E-state index is 10.8. The van der Waals surface area contributed by atoms with E-state index in [4.69, 9.17) is 6.42 Å². The number of hydrogen-bond donors (Lipinski definition) is 2. The van der Waals surface area contributed by atoms with Gasteiger partial charge in [0.1, 0.15) is 0 Å². The normalized spacial score (nSPS) is 9.88. The van der Waals surface area contributed by atoms with Gasteiger partial charge in [0.05, 0.1) is 5.39 Å². The van der Waals surface area contributed by atoms with E-state index in [0.29, 0.717) is 10.9 Å². The van der Waals surface area contributed by atoms with Gasteiger partial charge in [0.2, 0.25) is 17.7 Å². The van der Waals surface area contributed by atoms with Gasteiger partial charge >= 0.3 is 0 Å². The van der Waals surface area contributed by atoms with Crippen LogP contribution in [0.25, 0.3) is 11.0 Å². The highest BCUT2D eigenvalue weighted by Crippen LogP contribution is 2.21. The summed E-state index contributed by atoms with van der Waals surface area (Å²) in [6.07, 6.45) is 6.67. The molecule has 0 saturated heterocycles. The summed E-state index contributed by atoms with van der Waals surface area (Å²) in [6.45, 7) is 1.32. The molecule has 2 aromatic heterocycles. The van der Waals surface area contributed by atoms with Gasteiger partial charge in [-0.2, -0.15) is 9.97 Å². The molecule has 0 fully saturated rings. The topological polar surface area (TPSA) is 88.0 Å². The van der Waals surface area contributed by atoms with Crippen molar-refractivity contribution in [2.24, 2.45) is 0 Å². The molecule has 84 valence electrons. The van der Waals surface area contributed by atoms with Crippen LogP contribution in [0.2, 0.25) is 0 Å². The Hall–Kier alpha value is -2.68. The zero-order valence-electron chi connectivity index (χ0n) is 8.93. The second-order valence-electron chi connectivity index (χ2n) is 3.29. The lowest BCUT2D eigenvalue weighted by atomic mass is 10.2.